The van der Waals surface area contributed by atoms with Crippen molar-refractivity contribution in [3.05, 3.63) is 63.4 Å². The average molecular weight is 561 g/mol. The smallest absolute Gasteiger partial charge is 0.337 e. The van der Waals surface area contributed by atoms with E-state index in [2.05, 4.69) is 15.5 Å². The van der Waals surface area contributed by atoms with Gasteiger partial charge < -0.3 is 24.1 Å². The van der Waals surface area contributed by atoms with Gasteiger partial charge in [0.15, 0.2) is 17.1 Å². The minimum atomic E-state index is -0.649. The number of halogens is 1. The van der Waals surface area contributed by atoms with E-state index in [1.54, 1.807) is 0 Å². The molecule has 0 bridgehead atoms. The lowest BCUT2D eigenvalue weighted by molar-refractivity contribution is -0.113. The van der Waals surface area contributed by atoms with Gasteiger partial charge in [-0.2, -0.15) is 0 Å². The molecule has 0 aliphatic rings. The monoisotopic (exact) mass is 560 g/mol. The van der Waals surface area contributed by atoms with Crippen molar-refractivity contribution >= 4 is 46.9 Å². The number of amides is 1. The molecule has 2 aromatic carbocycles. The van der Waals surface area contributed by atoms with Gasteiger partial charge in [0.05, 0.1) is 31.1 Å². The molecular formula is C26H29ClN4O6S. The average Bonchev–Trinajstić information content (AvgIpc) is 3.32. The van der Waals surface area contributed by atoms with Crippen LogP contribution in [0, 0.1) is 13.8 Å². The fourth-order valence-corrected chi connectivity index (χ4v) is 4.65. The molecule has 38 heavy (non-hydrogen) atoms. The molecule has 0 aliphatic carbocycles. The van der Waals surface area contributed by atoms with Gasteiger partial charge in [0, 0.05) is 17.3 Å². The Morgan fingerprint density at radius 2 is 1.58 bits per heavy atom. The molecule has 0 aliphatic heterocycles. The highest BCUT2D eigenvalue weighted by atomic mass is 35.5. The third-order valence-electron chi connectivity index (χ3n) is 5.54. The van der Waals surface area contributed by atoms with Gasteiger partial charge in [0.25, 0.3) is 0 Å². The quantitative estimate of drug-likeness (QED) is 0.269. The number of carbonyl (C=O) groups excluding carboxylic acids is 3. The normalized spacial score (nSPS) is 11.6. The molecule has 0 fully saturated rings. The molecular weight excluding hydrogens is 532 g/mol. The van der Waals surface area contributed by atoms with E-state index in [1.165, 1.54) is 44.2 Å². The Balaban J connectivity index is 1.71. The molecule has 1 N–H and O–H groups in total. The molecule has 0 saturated heterocycles. The second-order valence-corrected chi connectivity index (χ2v) is 9.66. The first-order chi connectivity index (χ1) is 18.1. The van der Waals surface area contributed by atoms with Gasteiger partial charge in [0.1, 0.15) is 5.75 Å². The number of thioether (sulfide) groups is 1. The Kier molecular flexibility index (Phi) is 9.76. The summed E-state index contributed by atoms with van der Waals surface area (Å²) in [5, 5.41) is 12.5. The highest BCUT2D eigenvalue weighted by Gasteiger charge is 2.21. The highest BCUT2D eigenvalue weighted by molar-refractivity contribution is 7.99. The van der Waals surface area contributed by atoms with Crippen LogP contribution in [0.15, 0.2) is 35.5 Å². The van der Waals surface area contributed by atoms with E-state index in [0.717, 1.165) is 11.1 Å². The number of aromatic nitrogens is 3. The van der Waals surface area contributed by atoms with Crippen molar-refractivity contribution in [2.45, 2.75) is 45.5 Å². The van der Waals surface area contributed by atoms with Crippen LogP contribution in [0.3, 0.4) is 0 Å². The maximum atomic E-state index is 12.7. The lowest BCUT2D eigenvalue weighted by Crippen LogP contribution is -2.17. The van der Waals surface area contributed by atoms with Crippen LogP contribution in [0.2, 0.25) is 5.02 Å². The van der Waals surface area contributed by atoms with E-state index in [0.29, 0.717) is 28.3 Å². The van der Waals surface area contributed by atoms with E-state index >= 15 is 0 Å². The Labute approximate surface area is 230 Å². The largest absolute Gasteiger partial charge is 0.483 e. The van der Waals surface area contributed by atoms with Gasteiger partial charge in [-0.3, -0.25) is 4.79 Å². The van der Waals surface area contributed by atoms with Crippen LogP contribution in [-0.2, 0) is 20.8 Å². The molecule has 1 aromatic heterocycles. The summed E-state index contributed by atoms with van der Waals surface area (Å²) in [5.74, 6) is -0.352. The van der Waals surface area contributed by atoms with E-state index < -0.39 is 18.0 Å². The fraction of sp³-hybridized carbons (Fsp3) is 0.346. The molecule has 1 atom stereocenters. The number of esters is 2. The van der Waals surface area contributed by atoms with Crippen molar-refractivity contribution in [3.8, 4) is 5.75 Å². The fourth-order valence-electron chi connectivity index (χ4n) is 3.73. The molecule has 3 aromatic rings. The molecule has 1 amide bonds. The number of nitrogens with zero attached hydrogens (tertiary/aromatic N) is 3. The number of benzene rings is 2. The van der Waals surface area contributed by atoms with Gasteiger partial charge >= 0.3 is 11.9 Å². The van der Waals surface area contributed by atoms with Gasteiger partial charge in [-0.05, 0) is 69.2 Å². The molecule has 0 spiro atoms. The summed E-state index contributed by atoms with van der Waals surface area (Å²) in [6, 6.07) is 7.93. The standard InChI is InChI=1S/C26H29ClN4O6S/c1-7-31-23(16(4)37-20-8-14(2)22(27)15(3)9-20)29-30-26(31)38-13-21(32)28-19-11-17(24(33)35-5)10-18(12-19)25(34)36-6/h8-12,16H,7,13H2,1-6H3,(H,28,32). The van der Waals surface area contributed by atoms with Crippen molar-refractivity contribution < 1.29 is 28.6 Å². The Bertz CT molecular complexity index is 1300. The number of methoxy groups -OCH3 is 2. The minimum absolute atomic E-state index is 0.0129. The number of aryl methyl sites for hydroxylation is 2. The molecule has 3 rings (SSSR count). The highest BCUT2D eigenvalue weighted by Crippen LogP contribution is 2.30. The maximum Gasteiger partial charge on any atom is 0.337 e. The molecule has 10 nitrogen and oxygen atoms in total. The second-order valence-electron chi connectivity index (χ2n) is 8.34. The summed E-state index contributed by atoms with van der Waals surface area (Å²) in [7, 11) is 2.45. The lowest BCUT2D eigenvalue weighted by atomic mass is 10.1. The molecule has 0 radical (unpaired) electrons. The summed E-state index contributed by atoms with van der Waals surface area (Å²) in [6.45, 7) is 8.24. The van der Waals surface area contributed by atoms with Crippen LogP contribution in [0.25, 0.3) is 0 Å². The first kappa shape index (κ1) is 29.0. The second kappa shape index (κ2) is 12.8. The summed E-state index contributed by atoms with van der Waals surface area (Å²) in [4.78, 5) is 36.7. The first-order valence-electron chi connectivity index (χ1n) is 11.7. The first-order valence-corrected chi connectivity index (χ1v) is 13.0. The van der Waals surface area contributed by atoms with E-state index in [-0.39, 0.29) is 28.5 Å². The number of ether oxygens (including phenoxy) is 3. The van der Waals surface area contributed by atoms with Gasteiger partial charge in [-0.25, -0.2) is 9.59 Å². The Hall–Kier alpha value is -3.57. The van der Waals surface area contributed by atoms with Crippen molar-refractivity contribution in [3.63, 3.8) is 0 Å². The molecule has 1 heterocycles. The van der Waals surface area contributed by atoms with Crippen molar-refractivity contribution in [2.24, 2.45) is 0 Å². The van der Waals surface area contributed by atoms with Crippen molar-refractivity contribution in [2.75, 3.05) is 25.3 Å². The van der Waals surface area contributed by atoms with Gasteiger partial charge in [-0.1, -0.05) is 23.4 Å². The van der Waals surface area contributed by atoms with Crippen LogP contribution >= 0.6 is 23.4 Å². The summed E-state index contributed by atoms with van der Waals surface area (Å²) in [5.41, 5.74) is 2.31. The number of carbonyl (C=O) groups is 3. The lowest BCUT2D eigenvalue weighted by Gasteiger charge is -2.17. The van der Waals surface area contributed by atoms with Crippen LogP contribution in [0.1, 0.15) is 57.6 Å². The van der Waals surface area contributed by atoms with Crippen LogP contribution in [-0.4, -0.2) is 52.6 Å². The number of anilines is 1. The molecule has 202 valence electrons. The summed E-state index contributed by atoms with van der Waals surface area (Å²) < 4.78 is 17.5. The van der Waals surface area contributed by atoms with E-state index in [9.17, 15) is 14.4 Å². The van der Waals surface area contributed by atoms with Crippen LogP contribution in [0.5, 0.6) is 5.75 Å². The zero-order valence-electron chi connectivity index (χ0n) is 22.0. The molecule has 12 heteroatoms. The topological polar surface area (TPSA) is 122 Å². The molecule has 1 unspecified atom stereocenters. The number of hydrogen-bond acceptors (Lipinski definition) is 9. The maximum absolute atomic E-state index is 12.7. The Morgan fingerprint density at radius 3 is 2.11 bits per heavy atom. The van der Waals surface area contributed by atoms with Crippen molar-refractivity contribution in [1.82, 2.24) is 14.8 Å². The summed E-state index contributed by atoms with van der Waals surface area (Å²) >= 11 is 7.46. The summed E-state index contributed by atoms with van der Waals surface area (Å²) in [6.07, 6.45) is -0.400. The van der Waals surface area contributed by atoms with E-state index in [1.807, 2.05) is 44.4 Å². The molecule has 0 saturated carbocycles. The van der Waals surface area contributed by atoms with Crippen molar-refractivity contribution in [1.29, 1.82) is 0 Å². The van der Waals surface area contributed by atoms with Crippen LogP contribution in [0.4, 0.5) is 5.69 Å². The van der Waals surface area contributed by atoms with E-state index in [4.69, 9.17) is 25.8 Å². The third kappa shape index (κ3) is 6.84. The predicted molar refractivity (Wildman–Crippen MR) is 144 cm³/mol. The van der Waals surface area contributed by atoms with Crippen LogP contribution < -0.4 is 10.1 Å². The number of rotatable bonds is 10. The number of nitrogens with one attached hydrogen (secondary N) is 1. The predicted octanol–water partition coefficient (Wildman–Crippen LogP) is 5.01. The minimum Gasteiger partial charge on any atom is -0.483 e. The zero-order chi connectivity index (χ0) is 28.0. The zero-order valence-corrected chi connectivity index (χ0v) is 23.5. The third-order valence-corrected chi connectivity index (χ3v) is 7.10. The van der Waals surface area contributed by atoms with Gasteiger partial charge in [0.2, 0.25) is 5.91 Å². The van der Waals surface area contributed by atoms with Gasteiger partial charge in [-0.15, -0.1) is 10.2 Å². The number of hydrogen-bond donors (Lipinski definition) is 1. The Morgan fingerprint density at radius 1 is 1.00 bits per heavy atom. The SMILES string of the molecule is CCn1c(SCC(=O)Nc2cc(C(=O)OC)cc(C(=O)OC)c2)nnc1C(C)Oc1cc(C)c(Cl)c(C)c1.